The first-order valence-electron chi connectivity index (χ1n) is 10.2. The van der Waals surface area contributed by atoms with E-state index < -0.39 is 0 Å². The van der Waals surface area contributed by atoms with Crippen LogP contribution in [0.3, 0.4) is 0 Å². The molecule has 4 rings (SSSR count). The molecule has 8 heteroatoms. The molecule has 2 aromatic rings. The smallest absolute Gasteiger partial charge is 0.191 e. The maximum absolute atomic E-state index is 4.69. The number of hydrogen-bond donors (Lipinski definition) is 2. The summed E-state index contributed by atoms with van der Waals surface area (Å²) in [4.78, 5) is 7.11. The van der Waals surface area contributed by atoms with Gasteiger partial charge in [-0.3, -0.25) is 9.67 Å². The van der Waals surface area contributed by atoms with Crippen molar-refractivity contribution in [2.45, 2.75) is 44.2 Å². The van der Waals surface area contributed by atoms with E-state index in [2.05, 4.69) is 73.9 Å². The third-order valence-corrected chi connectivity index (χ3v) is 6.07. The van der Waals surface area contributed by atoms with Gasteiger partial charge >= 0.3 is 0 Å². The molecule has 158 valence electrons. The Kier molecular flexibility index (Phi) is 7.84. The van der Waals surface area contributed by atoms with Crippen molar-refractivity contribution in [1.82, 2.24) is 20.4 Å². The first-order valence-corrected chi connectivity index (χ1v) is 11.0. The number of nitrogens with one attached hydrogen (secondary N) is 2. The highest BCUT2D eigenvalue weighted by atomic mass is 127. The molecule has 1 saturated carbocycles. The molecule has 0 bridgehead atoms. The molecule has 1 saturated heterocycles. The molecule has 6 nitrogen and oxygen atoms in total. The summed E-state index contributed by atoms with van der Waals surface area (Å²) in [6, 6.07) is 9.55. The summed E-state index contributed by atoms with van der Waals surface area (Å²) in [6.07, 6.45) is 7.56. The van der Waals surface area contributed by atoms with Crippen LogP contribution in [0.4, 0.5) is 5.69 Å². The van der Waals surface area contributed by atoms with Crippen molar-refractivity contribution in [3.63, 3.8) is 0 Å². The average molecular weight is 573 g/mol. The van der Waals surface area contributed by atoms with Crippen LogP contribution in [0.2, 0.25) is 0 Å². The highest BCUT2D eigenvalue weighted by Gasteiger charge is 2.39. The third-order valence-electron chi connectivity index (χ3n) is 5.55. The Morgan fingerprint density at radius 3 is 2.76 bits per heavy atom. The van der Waals surface area contributed by atoms with Crippen molar-refractivity contribution in [2.24, 2.45) is 12.0 Å². The van der Waals surface area contributed by atoms with E-state index in [1.807, 2.05) is 17.9 Å². The molecule has 1 aromatic carbocycles. The van der Waals surface area contributed by atoms with E-state index in [0.717, 1.165) is 30.1 Å². The SMILES string of the molecule is CCN=C(NC1CCCN(c2cnn(C)c2)C1)NC1CC1c1ccc(Br)cc1.I. The molecule has 0 spiro atoms. The molecule has 2 N–H and O–H groups in total. The quantitative estimate of drug-likeness (QED) is 0.324. The molecular formula is C21H30BrIN6. The number of guanidine groups is 1. The van der Waals surface area contributed by atoms with Gasteiger partial charge in [-0.25, -0.2) is 0 Å². The van der Waals surface area contributed by atoms with Crippen LogP contribution in [0.15, 0.2) is 46.1 Å². The minimum atomic E-state index is 0. The summed E-state index contributed by atoms with van der Waals surface area (Å²) >= 11 is 3.52. The van der Waals surface area contributed by atoms with Crippen LogP contribution in [0, 0.1) is 0 Å². The Balaban J connectivity index is 0.00000240. The molecule has 1 aromatic heterocycles. The number of benzene rings is 1. The molecule has 3 unspecified atom stereocenters. The summed E-state index contributed by atoms with van der Waals surface area (Å²) in [5, 5.41) is 11.6. The summed E-state index contributed by atoms with van der Waals surface area (Å²) < 4.78 is 3.00. The van der Waals surface area contributed by atoms with Crippen molar-refractivity contribution >= 4 is 51.6 Å². The average Bonchev–Trinajstić information content (AvgIpc) is 3.31. The van der Waals surface area contributed by atoms with Gasteiger partial charge in [0.1, 0.15) is 0 Å². The van der Waals surface area contributed by atoms with E-state index >= 15 is 0 Å². The van der Waals surface area contributed by atoms with Gasteiger partial charge < -0.3 is 15.5 Å². The number of rotatable bonds is 5. The minimum absolute atomic E-state index is 0. The Hall–Kier alpha value is -1.29. The predicted molar refractivity (Wildman–Crippen MR) is 133 cm³/mol. The van der Waals surface area contributed by atoms with Crippen LogP contribution in [0.25, 0.3) is 0 Å². The van der Waals surface area contributed by atoms with Gasteiger partial charge in [-0.2, -0.15) is 5.10 Å². The minimum Gasteiger partial charge on any atom is -0.367 e. The van der Waals surface area contributed by atoms with E-state index in [1.54, 1.807) is 0 Å². The number of aliphatic imine (C=N–C) groups is 1. The van der Waals surface area contributed by atoms with Crippen LogP contribution < -0.4 is 15.5 Å². The Morgan fingerprint density at radius 2 is 2.07 bits per heavy atom. The van der Waals surface area contributed by atoms with E-state index in [4.69, 9.17) is 4.99 Å². The molecule has 1 aliphatic carbocycles. The molecule has 2 aliphatic rings. The van der Waals surface area contributed by atoms with Crippen molar-refractivity contribution < 1.29 is 0 Å². The molecule has 3 atom stereocenters. The van der Waals surface area contributed by atoms with Gasteiger partial charge in [0.15, 0.2) is 5.96 Å². The van der Waals surface area contributed by atoms with Crippen molar-refractivity contribution in [3.8, 4) is 0 Å². The number of anilines is 1. The molecule has 2 fully saturated rings. The lowest BCUT2D eigenvalue weighted by Crippen LogP contribution is -2.51. The zero-order chi connectivity index (χ0) is 19.5. The van der Waals surface area contributed by atoms with Gasteiger partial charge in [-0.15, -0.1) is 24.0 Å². The number of hydrogen-bond acceptors (Lipinski definition) is 3. The summed E-state index contributed by atoms with van der Waals surface area (Å²) in [6.45, 7) is 4.94. The highest BCUT2D eigenvalue weighted by molar-refractivity contribution is 14.0. The van der Waals surface area contributed by atoms with E-state index in [-0.39, 0.29) is 24.0 Å². The standard InChI is InChI=1S/C21H29BrN6.HI/c1-3-23-21(26-20-11-19(20)15-6-8-16(22)9-7-15)25-17-5-4-10-28(13-17)18-12-24-27(2)14-18;/h6-9,12,14,17,19-20H,3-5,10-11,13H2,1-2H3,(H2,23,25,26);1H. The fourth-order valence-electron chi connectivity index (χ4n) is 3.99. The van der Waals surface area contributed by atoms with Gasteiger partial charge in [0.25, 0.3) is 0 Å². The van der Waals surface area contributed by atoms with Crippen LogP contribution in [0.5, 0.6) is 0 Å². The van der Waals surface area contributed by atoms with Gasteiger partial charge in [0.05, 0.1) is 11.9 Å². The van der Waals surface area contributed by atoms with Gasteiger partial charge in [0.2, 0.25) is 0 Å². The fourth-order valence-corrected chi connectivity index (χ4v) is 4.26. The maximum Gasteiger partial charge on any atom is 0.191 e. The summed E-state index contributed by atoms with van der Waals surface area (Å²) in [7, 11) is 1.97. The number of halogens is 2. The zero-order valence-electron chi connectivity index (χ0n) is 17.0. The van der Waals surface area contributed by atoms with Gasteiger partial charge in [-0.1, -0.05) is 28.1 Å². The van der Waals surface area contributed by atoms with E-state index in [9.17, 15) is 0 Å². The molecule has 2 heterocycles. The highest BCUT2D eigenvalue weighted by Crippen LogP contribution is 2.41. The van der Waals surface area contributed by atoms with Gasteiger partial charge in [0, 0.05) is 55.4 Å². The molecule has 0 amide bonds. The van der Waals surface area contributed by atoms with Crippen LogP contribution in [-0.4, -0.2) is 47.5 Å². The molecular weight excluding hydrogens is 543 g/mol. The number of nitrogens with zero attached hydrogens (tertiary/aromatic N) is 4. The monoisotopic (exact) mass is 572 g/mol. The maximum atomic E-state index is 4.69. The lowest BCUT2D eigenvalue weighted by Gasteiger charge is -2.34. The van der Waals surface area contributed by atoms with Crippen molar-refractivity contribution in [2.75, 3.05) is 24.5 Å². The fraction of sp³-hybridized carbons (Fsp3) is 0.524. The summed E-state index contributed by atoms with van der Waals surface area (Å²) in [5.74, 6) is 1.53. The van der Waals surface area contributed by atoms with E-state index in [0.29, 0.717) is 18.0 Å². The second-order valence-electron chi connectivity index (χ2n) is 7.77. The molecule has 0 radical (unpaired) electrons. The Morgan fingerprint density at radius 1 is 1.28 bits per heavy atom. The Bertz CT molecular complexity index is 821. The Labute approximate surface area is 198 Å². The zero-order valence-corrected chi connectivity index (χ0v) is 20.9. The summed E-state index contributed by atoms with van der Waals surface area (Å²) in [5.41, 5.74) is 2.60. The first-order chi connectivity index (χ1) is 13.6. The lowest BCUT2D eigenvalue weighted by atomic mass is 10.1. The van der Waals surface area contributed by atoms with Gasteiger partial charge in [-0.05, 0) is 43.9 Å². The topological polar surface area (TPSA) is 57.5 Å². The van der Waals surface area contributed by atoms with Crippen LogP contribution in [-0.2, 0) is 7.05 Å². The normalized spacial score (nSPS) is 24.0. The van der Waals surface area contributed by atoms with Crippen molar-refractivity contribution in [1.29, 1.82) is 0 Å². The number of aryl methyl sites for hydroxylation is 1. The van der Waals surface area contributed by atoms with Crippen LogP contribution >= 0.6 is 39.9 Å². The second-order valence-corrected chi connectivity index (χ2v) is 8.68. The predicted octanol–water partition coefficient (Wildman–Crippen LogP) is 3.88. The van der Waals surface area contributed by atoms with E-state index in [1.165, 1.54) is 30.5 Å². The largest absolute Gasteiger partial charge is 0.367 e. The van der Waals surface area contributed by atoms with Crippen molar-refractivity contribution in [3.05, 3.63) is 46.7 Å². The lowest BCUT2D eigenvalue weighted by molar-refractivity contribution is 0.467. The number of aromatic nitrogens is 2. The molecule has 29 heavy (non-hydrogen) atoms. The third kappa shape index (κ3) is 5.87. The number of piperidine rings is 1. The first kappa shape index (κ1) is 22.4. The van der Waals surface area contributed by atoms with Crippen LogP contribution in [0.1, 0.15) is 37.7 Å². The second kappa shape index (κ2) is 10.1. The molecule has 1 aliphatic heterocycles.